The third-order valence-corrected chi connectivity index (χ3v) is 7.47. The van der Waals surface area contributed by atoms with Gasteiger partial charge in [-0.2, -0.15) is 0 Å². The molecule has 0 spiro atoms. The molecule has 0 radical (unpaired) electrons. The van der Waals surface area contributed by atoms with E-state index in [0.29, 0.717) is 51.1 Å². The number of likely N-dealkylation sites (tertiary alicyclic amines) is 1. The fraction of sp³-hybridized carbons (Fsp3) is 0.273. The van der Waals surface area contributed by atoms with Crippen LogP contribution < -0.4 is 30.2 Å². The van der Waals surface area contributed by atoms with Crippen LogP contribution in [-0.2, 0) is 9.59 Å². The number of hydrogen-bond acceptors (Lipinski definition) is 9. The minimum absolute atomic E-state index is 0.123. The zero-order chi connectivity index (χ0) is 32.1. The Morgan fingerprint density at radius 1 is 1.00 bits per heavy atom. The Labute approximate surface area is 260 Å². The molecule has 4 aromatic rings. The second-order valence-corrected chi connectivity index (χ2v) is 10.7. The summed E-state index contributed by atoms with van der Waals surface area (Å²) in [5.41, 5.74) is 2.83. The van der Waals surface area contributed by atoms with E-state index >= 15 is 0 Å². The topological polar surface area (TPSA) is 127 Å². The van der Waals surface area contributed by atoms with Gasteiger partial charge in [0.2, 0.25) is 5.91 Å². The van der Waals surface area contributed by atoms with Crippen molar-refractivity contribution >= 4 is 45.6 Å². The number of benzene rings is 3. The van der Waals surface area contributed by atoms with Crippen LogP contribution in [0.2, 0.25) is 0 Å². The number of halogens is 1. The Morgan fingerprint density at radius 3 is 2.49 bits per heavy atom. The van der Waals surface area contributed by atoms with Crippen LogP contribution in [0.5, 0.6) is 23.0 Å². The minimum Gasteiger partial charge on any atom is -0.494 e. The molecule has 3 N–H and O–H groups in total. The Kier molecular flexibility index (Phi) is 9.43. The van der Waals surface area contributed by atoms with Gasteiger partial charge < -0.3 is 30.2 Å². The molecule has 1 fully saturated rings. The predicted octanol–water partition coefficient (Wildman–Crippen LogP) is 6.34. The second kappa shape index (κ2) is 13.6. The lowest BCUT2D eigenvalue weighted by atomic mass is 10.1. The van der Waals surface area contributed by atoms with Crippen LogP contribution in [0.25, 0.3) is 10.9 Å². The standard InChI is InChI=1S/C33H35FN6O5/c1-19-12-27(31(44-5)17-29(19)45-23-10-6-8-21(13-23)37-20(2)41)38-32-24-15-28(30(43-4)16-26(24)35-18-36-32)39-33(42)25(34)14-22-9-7-11-40(22)3/h6,8,10,12-18,22H,7,9,11H2,1-5H3,(H,37,41)(H,39,42)(H,35,36,38)/b25-14-/t22-/m1/s1. The van der Waals surface area contributed by atoms with Gasteiger partial charge in [-0.15, -0.1) is 0 Å². The fourth-order valence-electron chi connectivity index (χ4n) is 5.16. The molecule has 1 aromatic heterocycles. The van der Waals surface area contributed by atoms with E-state index in [1.807, 2.05) is 24.9 Å². The number of likely N-dealkylation sites (N-methyl/N-ethyl adjacent to an activating group) is 1. The van der Waals surface area contributed by atoms with Crippen molar-refractivity contribution in [3.05, 3.63) is 72.3 Å². The molecule has 2 amide bonds. The first-order valence-corrected chi connectivity index (χ1v) is 14.4. The van der Waals surface area contributed by atoms with E-state index in [2.05, 4.69) is 25.9 Å². The maximum atomic E-state index is 14.9. The summed E-state index contributed by atoms with van der Waals surface area (Å²) in [4.78, 5) is 35.1. The van der Waals surface area contributed by atoms with Gasteiger partial charge in [0.1, 0.15) is 35.1 Å². The fourth-order valence-corrected chi connectivity index (χ4v) is 5.16. The third-order valence-electron chi connectivity index (χ3n) is 7.47. The van der Waals surface area contributed by atoms with Gasteiger partial charge in [0.05, 0.1) is 31.1 Å². The van der Waals surface area contributed by atoms with Crippen LogP contribution in [0.15, 0.2) is 66.8 Å². The van der Waals surface area contributed by atoms with E-state index in [1.54, 1.807) is 49.6 Å². The van der Waals surface area contributed by atoms with Crippen molar-refractivity contribution in [2.75, 3.05) is 43.8 Å². The van der Waals surface area contributed by atoms with Gasteiger partial charge in [-0.3, -0.25) is 14.5 Å². The van der Waals surface area contributed by atoms with Crippen molar-refractivity contribution in [3.63, 3.8) is 0 Å². The lowest BCUT2D eigenvalue weighted by Crippen LogP contribution is -2.24. The lowest BCUT2D eigenvalue weighted by Gasteiger charge is -2.17. The molecule has 0 bridgehead atoms. The Balaban J connectivity index is 1.42. The number of rotatable bonds is 10. The minimum atomic E-state index is -0.866. The Hall–Kier alpha value is -5.23. The summed E-state index contributed by atoms with van der Waals surface area (Å²) in [6.07, 6.45) is 4.51. The number of nitrogens with zero attached hydrogens (tertiary/aromatic N) is 3. The van der Waals surface area contributed by atoms with Gasteiger partial charge in [-0.25, -0.2) is 14.4 Å². The normalized spacial score (nSPS) is 15.1. The predicted molar refractivity (Wildman–Crippen MR) is 171 cm³/mol. The van der Waals surface area contributed by atoms with Gasteiger partial charge >= 0.3 is 0 Å². The Bertz CT molecular complexity index is 1780. The van der Waals surface area contributed by atoms with Crippen molar-refractivity contribution in [1.82, 2.24) is 14.9 Å². The lowest BCUT2D eigenvalue weighted by molar-refractivity contribution is -0.115. The van der Waals surface area contributed by atoms with Crippen LogP contribution in [0.4, 0.5) is 27.3 Å². The number of fused-ring (bicyclic) bond motifs is 1. The first-order chi connectivity index (χ1) is 21.6. The molecule has 1 aliphatic heterocycles. The maximum Gasteiger partial charge on any atom is 0.284 e. The third kappa shape index (κ3) is 7.29. The molecule has 11 nitrogen and oxygen atoms in total. The number of amides is 2. The van der Waals surface area contributed by atoms with Crippen molar-refractivity contribution in [2.45, 2.75) is 32.7 Å². The molecule has 45 heavy (non-hydrogen) atoms. The number of anilines is 4. The monoisotopic (exact) mass is 614 g/mol. The van der Waals surface area contributed by atoms with E-state index in [0.717, 1.165) is 24.9 Å². The van der Waals surface area contributed by atoms with Gasteiger partial charge in [0.15, 0.2) is 5.83 Å². The summed E-state index contributed by atoms with van der Waals surface area (Å²) in [5.74, 6) is 0.420. The van der Waals surface area contributed by atoms with E-state index in [1.165, 1.54) is 26.4 Å². The quantitative estimate of drug-likeness (QED) is 0.176. The molecule has 1 saturated heterocycles. The average Bonchev–Trinajstić information content (AvgIpc) is 3.41. The van der Waals surface area contributed by atoms with E-state index in [9.17, 15) is 14.0 Å². The van der Waals surface area contributed by atoms with Gasteiger partial charge in [0.25, 0.3) is 5.91 Å². The Morgan fingerprint density at radius 2 is 1.78 bits per heavy atom. The number of aromatic nitrogens is 2. The smallest absolute Gasteiger partial charge is 0.284 e. The number of hydrogen-bond donors (Lipinski definition) is 3. The zero-order valence-corrected chi connectivity index (χ0v) is 25.7. The highest BCUT2D eigenvalue weighted by Gasteiger charge is 2.22. The van der Waals surface area contributed by atoms with Gasteiger partial charge in [-0.05, 0) is 69.3 Å². The summed E-state index contributed by atoms with van der Waals surface area (Å²) in [7, 11) is 4.91. The first kappa shape index (κ1) is 31.2. The zero-order valence-electron chi connectivity index (χ0n) is 25.7. The van der Waals surface area contributed by atoms with Crippen molar-refractivity contribution in [2.24, 2.45) is 0 Å². The molecule has 12 heteroatoms. The largest absolute Gasteiger partial charge is 0.494 e. The van der Waals surface area contributed by atoms with Crippen molar-refractivity contribution < 1.29 is 28.2 Å². The molecular formula is C33H35FN6O5. The number of carbonyl (C=O) groups excluding carboxylic acids is 2. The van der Waals surface area contributed by atoms with E-state index in [4.69, 9.17) is 14.2 Å². The highest BCUT2D eigenvalue weighted by Crippen LogP contribution is 2.39. The number of ether oxygens (including phenoxy) is 3. The summed E-state index contributed by atoms with van der Waals surface area (Å²) in [6.45, 7) is 4.19. The number of aryl methyl sites for hydroxylation is 1. The molecule has 1 aliphatic rings. The van der Waals surface area contributed by atoms with E-state index < -0.39 is 11.7 Å². The molecule has 234 valence electrons. The second-order valence-electron chi connectivity index (χ2n) is 10.7. The molecule has 2 heterocycles. The van der Waals surface area contributed by atoms with Gasteiger partial charge in [0, 0.05) is 42.2 Å². The van der Waals surface area contributed by atoms with Crippen LogP contribution in [0, 0.1) is 6.92 Å². The summed E-state index contributed by atoms with van der Waals surface area (Å²) >= 11 is 0. The van der Waals surface area contributed by atoms with Crippen molar-refractivity contribution in [3.8, 4) is 23.0 Å². The van der Waals surface area contributed by atoms with Crippen LogP contribution in [0.3, 0.4) is 0 Å². The van der Waals surface area contributed by atoms with Crippen LogP contribution in [0.1, 0.15) is 25.3 Å². The maximum absolute atomic E-state index is 14.9. The molecule has 1 atom stereocenters. The number of carbonyl (C=O) groups is 2. The van der Waals surface area contributed by atoms with Crippen LogP contribution >= 0.6 is 0 Å². The summed E-state index contributed by atoms with van der Waals surface area (Å²) in [6, 6.07) is 13.8. The van der Waals surface area contributed by atoms with Crippen LogP contribution in [-0.4, -0.2) is 60.5 Å². The SMILES string of the molecule is COc1cc2ncnc(Nc3cc(C)c(Oc4cccc(NC(C)=O)c4)cc3OC)c2cc1NC(=O)/C(F)=C/[C@H]1CCCN1C. The van der Waals surface area contributed by atoms with E-state index in [-0.39, 0.29) is 17.6 Å². The highest BCUT2D eigenvalue weighted by molar-refractivity contribution is 6.05. The summed E-state index contributed by atoms with van der Waals surface area (Å²) in [5, 5.41) is 9.24. The first-order valence-electron chi connectivity index (χ1n) is 14.4. The summed E-state index contributed by atoms with van der Waals surface area (Å²) < 4.78 is 32.2. The highest BCUT2D eigenvalue weighted by atomic mass is 19.1. The molecule has 3 aromatic carbocycles. The number of nitrogens with one attached hydrogen (secondary N) is 3. The molecule has 0 saturated carbocycles. The molecule has 5 rings (SSSR count). The average molecular weight is 615 g/mol. The molecule has 0 unspecified atom stereocenters. The van der Waals surface area contributed by atoms with Crippen molar-refractivity contribution in [1.29, 1.82) is 0 Å². The van der Waals surface area contributed by atoms with Gasteiger partial charge in [-0.1, -0.05) is 6.07 Å². The molecular weight excluding hydrogens is 579 g/mol. The molecule has 0 aliphatic carbocycles. The number of methoxy groups -OCH3 is 2.